The Bertz CT molecular complexity index is 688. The van der Waals surface area contributed by atoms with Gasteiger partial charge in [-0.15, -0.1) is 0 Å². The lowest BCUT2D eigenvalue weighted by molar-refractivity contribution is -0.137. The van der Waals surface area contributed by atoms with Crippen molar-refractivity contribution in [2.24, 2.45) is 0 Å². The van der Waals surface area contributed by atoms with E-state index in [1.165, 1.54) is 0 Å². The Morgan fingerprint density at radius 1 is 1.31 bits per heavy atom. The van der Waals surface area contributed by atoms with Gasteiger partial charge in [0.1, 0.15) is 11.4 Å². The van der Waals surface area contributed by atoms with Gasteiger partial charge in [-0.25, -0.2) is 9.78 Å². The Kier molecular flexibility index (Phi) is 4.76. The number of anilines is 1. The molecular weight excluding hydrogens is 351 g/mol. The summed E-state index contributed by atoms with van der Waals surface area (Å²) < 4.78 is 49.7. The van der Waals surface area contributed by atoms with Crippen molar-refractivity contribution in [1.29, 1.82) is 0 Å². The number of amides is 1. The van der Waals surface area contributed by atoms with Crippen molar-refractivity contribution in [3.05, 3.63) is 23.4 Å². The predicted molar refractivity (Wildman–Crippen MR) is 87.8 cm³/mol. The molecule has 1 atom stereocenters. The molecule has 0 saturated carbocycles. The summed E-state index contributed by atoms with van der Waals surface area (Å²) in [5, 5.41) is 0. The summed E-state index contributed by atoms with van der Waals surface area (Å²) in [6.07, 6.45) is -3.99. The Morgan fingerprint density at radius 2 is 2.04 bits per heavy atom. The van der Waals surface area contributed by atoms with Crippen molar-refractivity contribution >= 4 is 11.9 Å². The standard InChI is InChI=1S/C17H22F3N3O3/c1-16(2,3)26-15(24)22-4-5-23-13(8-22)10-25-9-11-6-12(17(18,19)20)7-21-14(11)23/h6-7,13H,4-5,8-10H2,1-3H3/t13-/m0/s1. The normalized spacial score (nSPS) is 20.9. The fourth-order valence-corrected chi connectivity index (χ4v) is 3.10. The van der Waals surface area contributed by atoms with Gasteiger partial charge < -0.3 is 19.3 Å². The van der Waals surface area contributed by atoms with E-state index >= 15 is 0 Å². The number of piperazine rings is 1. The molecule has 144 valence electrons. The molecule has 1 aromatic heterocycles. The van der Waals surface area contributed by atoms with Crippen LogP contribution in [-0.4, -0.2) is 53.9 Å². The monoisotopic (exact) mass is 373 g/mol. The molecule has 3 rings (SSSR count). The highest BCUT2D eigenvalue weighted by Gasteiger charge is 2.37. The van der Waals surface area contributed by atoms with Crippen LogP contribution in [0.3, 0.4) is 0 Å². The number of halogens is 3. The number of nitrogens with zero attached hydrogens (tertiary/aromatic N) is 3. The third kappa shape index (κ3) is 4.03. The van der Waals surface area contributed by atoms with Crippen LogP contribution in [0.1, 0.15) is 31.9 Å². The van der Waals surface area contributed by atoms with Crippen LogP contribution in [0.2, 0.25) is 0 Å². The largest absolute Gasteiger partial charge is 0.444 e. The van der Waals surface area contributed by atoms with Crippen molar-refractivity contribution in [3.8, 4) is 0 Å². The van der Waals surface area contributed by atoms with Crippen LogP contribution in [-0.2, 0) is 22.3 Å². The second-order valence-corrected chi connectivity index (χ2v) is 7.49. The summed E-state index contributed by atoms with van der Waals surface area (Å²) in [6, 6.07) is 0.909. The quantitative estimate of drug-likeness (QED) is 0.700. The number of ether oxygens (including phenoxy) is 2. The Balaban J connectivity index is 1.78. The van der Waals surface area contributed by atoms with Crippen LogP contribution in [0.5, 0.6) is 0 Å². The smallest absolute Gasteiger partial charge is 0.417 e. The van der Waals surface area contributed by atoms with E-state index in [1.54, 1.807) is 25.7 Å². The molecule has 1 fully saturated rings. The number of carbonyl (C=O) groups excluding carboxylic acids is 1. The SMILES string of the molecule is CC(C)(C)OC(=O)N1CCN2c3ncc(C(F)(F)F)cc3COC[C@@H]2C1. The van der Waals surface area contributed by atoms with Crippen molar-refractivity contribution < 1.29 is 27.4 Å². The zero-order valence-corrected chi connectivity index (χ0v) is 15.0. The van der Waals surface area contributed by atoms with E-state index in [0.29, 0.717) is 37.6 Å². The summed E-state index contributed by atoms with van der Waals surface area (Å²) in [5.74, 6) is 0.490. The van der Waals surface area contributed by atoms with Gasteiger partial charge >= 0.3 is 12.3 Å². The molecule has 2 aliphatic heterocycles. The van der Waals surface area contributed by atoms with Gasteiger partial charge in [0.2, 0.25) is 0 Å². The molecular formula is C17H22F3N3O3. The van der Waals surface area contributed by atoms with Crippen LogP contribution < -0.4 is 4.90 Å². The van der Waals surface area contributed by atoms with Crippen LogP contribution >= 0.6 is 0 Å². The third-order valence-electron chi connectivity index (χ3n) is 4.24. The molecule has 3 heterocycles. The van der Waals surface area contributed by atoms with Gasteiger partial charge in [-0.3, -0.25) is 0 Å². The Labute approximate surface area is 149 Å². The summed E-state index contributed by atoms with van der Waals surface area (Å²) in [5.41, 5.74) is -0.963. The summed E-state index contributed by atoms with van der Waals surface area (Å²) in [4.78, 5) is 19.9. The van der Waals surface area contributed by atoms with Gasteiger partial charge in [-0.05, 0) is 26.8 Å². The van der Waals surface area contributed by atoms with Crippen LogP contribution in [0.15, 0.2) is 12.3 Å². The molecule has 26 heavy (non-hydrogen) atoms. The van der Waals surface area contributed by atoms with Crippen molar-refractivity contribution in [2.75, 3.05) is 31.1 Å². The van der Waals surface area contributed by atoms with E-state index in [4.69, 9.17) is 9.47 Å². The number of rotatable bonds is 0. The first-order chi connectivity index (χ1) is 12.0. The van der Waals surface area contributed by atoms with Crippen molar-refractivity contribution in [1.82, 2.24) is 9.88 Å². The molecule has 0 aromatic carbocycles. The number of carbonyl (C=O) groups is 1. The molecule has 0 unspecified atom stereocenters. The molecule has 9 heteroatoms. The van der Waals surface area contributed by atoms with E-state index in [-0.39, 0.29) is 12.6 Å². The fraction of sp³-hybridized carbons (Fsp3) is 0.647. The topological polar surface area (TPSA) is 54.9 Å². The number of hydrogen-bond donors (Lipinski definition) is 0. The molecule has 1 saturated heterocycles. The molecule has 0 aliphatic carbocycles. The maximum atomic E-state index is 12.9. The number of hydrogen-bond acceptors (Lipinski definition) is 5. The van der Waals surface area contributed by atoms with Gasteiger partial charge in [-0.1, -0.05) is 0 Å². The Hall–Kier alpha value is -2.03. The van der Waals surface area contributed by atoms with Gasteiger partial charge in [-0.2, -0.15) is 13.2 Å². The highest BCUT2D eigenvalue weighted by atomic mass is 19.4. The van der Waals surface area contributed by atoms with E-state index in [0.717, 1.165) is 12.3 Å². The molecule has 0 spiro atoms. The van der Waals surface area contributed by atoms with Crippen LogP contribution in [0.25, 0.3) is 0 Å². The van der Waals surface area contributed by atoms with Gasteiger partial charge in [0, 0.05) is 31.4 Å². The molecule has 0 N–H and O–H groups in total. The number of aromatic nitrogens is 1. The maximum absolute atomic E-state index is 12.9. The van der Waals surface area contributed by atoms with Crippen LogP contribution in [0.4, 0.5) is 23.8 Å². The lowest BCUT2D eigenvalue weighted by atomic mass is 10.1. The number of fused-ring (bicyclic) bond motifs is 3. The molecule has 6 nitrogen and oxygen atoms in total. The lowest BCUT2D eigenvalue weighted by Gasteiger charge is -2.41. The second kappa shape index (κ2) is 6.61. The highest BCUT2D eigenvalue weighted by molar-refractivity contribution is 5.69. The maximum Gasteiger partial charge on any atom is 0.417 e. The minimum absolute atomic E-state index is 0.0612. The average molecular weight is 373 g/mol. The summed E-state index contributed by atoms with van der Waals surface area (Å²) in [6.45, 7) is 7.00. The minimum atomic E-state index is -4.44. The second-order valence-electron chi connectivity index (χ2n) is 7.49. The van der Waals surface area contributed by atoms with Gasteiger partial charge in [0.05, 0.1) is 24.8 Å². The Morgan fingerprint density at radius 3 is 2.69 bits per heavy atom. The van der Waals surface area contributed by atoms with E-state index in [9.17, 15) is 18.0 Å². The number of pyridine rings is 1. The fourth-order valence-electron chi connectivity index (χ4n) is 3.10. The van der Waals surface area contributed by atoms with Crippen LogP contribution in [0, 0.1) is 0 Å². The molecule has 0 radical (unpaired) electrons. The molecule has 0 bridgehead atoms. The number of alkyl halides is 3. The first-order valence-electron chi connectivity index (χ1n) is 8.43. The van der Waals surface area contributed by atoms with Crippen molar-refractivity contribution in [3.63, 3.8) is 0 Å². The van der Waals surface area contributed by atoms with E-state index in [2.05, 4.69) is 4.98 Å². The lowest BCUT2D eigenvalue weighted by Crippen LogP contribution is -2.57. The molecule has 2 aliphatic rings. The van der Waals surface area contributed by atoms with Gasteiger partial charge in [0.25, 0.3) is 0 Å². The first kappa shape index (κ1) is 18.8. The van der Waals surface area contributed by atoms with Gasteiger partial charge in [0.15, 0.2) is 0 Å². The molecule has 1 aromatic rings. The molecule has 1 amide bonds. The zero-order chi connectivity index (χ0) is 19.1. The predicted octanol–water partition coefficient (Wildman–Crippen LogP) is 3.06. The van der Waals surface area contributed by atoms with E-state index in [1.807, 2.05) is 4.90 Å². The minimum Gasteiger partial charge on any atom is -0.444 e. The van der Waals surface area contributed by atoms with E-state index < -0.39 is 23.4 Å². The first-order valence-corrected chi connectivity index (χ1v) is 8.43. The zero-order valence-electron chi connectivity index (χ0n) is 15.0. The summed E-state index contributed by atoms with van der Waals surface area (Å²) >= 11 is 0. The average Bonchev–Trinajstić information content (AvgIpc) is 2.70. The van der Waals surface area contributed by atoms with Crippen molar-refractivity contribution in [2.45, 2.75) is 45.2 Å². The highest BCUT2D eigenvalue weighted by Crippen LogP contribution is 2.34. The third-order valence-corrected chi connectivity index (χ3v) is 4.24. The summed E-state index contributed by atoms with van der Waals surface area (Å²) in [7, 11) is 0.